The van der Waals surface area contributed by atoms with Crippen molar-refractivity contribution in [3.8, 4) is 5.75 Å². The van der Waals surface area contributed by atoms with Crippen LogP contribution >= 0.6 is 35.6 Å². The fraction of sp³-hybridized carbons (Fsp3) is 0.571. The van der Waals surface area contributed by atoms with Crippen LogP contribution in [0.5, 0.6) is 5.75 Å². The van der Waals surface area contributed by atoms with Crippen LogP contribution in [0.1, 0.15) is 19.8 Å². The molecule has 2 aromatic rings. The molecule has 3 rings (SSSR count). The number of nitrogens with one attached hydrogen (secondary N) is 1. The lowest BCUT2D eigenvalue weighted by atomic mass is 10.3. The molecule has 0 amide bonds. The molecule has 0 spiro atoms. The summed E-state index contributed by atoms with van der Waals surface area (Å²) in [4.78, 5) is 9.63. The number of nitrogens with zero attached hydrogens (tertiary/aromatic N) is 6. The molecule has 0 saturated carbocycles. The lowest BCUT2D eigenvalue weighted by molar-refractivity contribution is 0.152. The minimum Gasteiger partial charge on any atom is -0.492 e. The first-order valence-corrected chi connectivity index (χ1v) is 11.1. The van der Waals surface area contributed by atoms with Crippen molar-refractivity contribution in [3.05, 3.63) is 41.9 Å². The minimum absolute atomic E-state index is 0. The van der Waals surface area contributed by atoms with E-state index in [1.165, 1.54) is 0 Å². The third-order valence-corrected chi connectivity index (χ3v) is 5.30. The molecule has 31 heavy (non-hydrogen) atoms. The van der Waals surface area contributed by atoms with Crippen molar-refractivity contribution < 1.29 is 4.74 Å². The Morgan fingerprint density at radius 1 is 1.06 bits per heavy atom. The fourth-order valence-electron chi connectivity index (χ4n) is 3.36. The number of hydrogen-bond acceptors (Lipinski definition) is 5. The molecule has 0 bridgehead atoms. The summed E-state index contributed by atoms with van der Waals surface area (Å²) in [6.45, 7) is 10.4. The standard InChI is InChI=1S/C21H32ClN7O.HI/c1-2-23-21(24-9-3-4-10-28-17-25-26-18-28)29-13-11-27(12-14-29)15-16-30-20-7-5-19(22)6-8-20;/h5-8,17-18H,2-4,9-16H2,1H3,(H,23,24);1H. The molecule has 1 saturated heterocycles. The van der Waals surface area contributed by atoms with Crippen LogP contribution in [0.25, 0.3) is 0 Å². The van der Waals surface area contributed by atoms with Crippen LogP contribution in [-0.4, -0.2) is 82.9 Å². The lowest BCUT2D eigenvalue weighted by Gasteiger charge is -2.36. The van der Waals surface area contributed by atoms with Crippen molar-refractivity contribution in [3.63, 3.8) is 0 Å². The maximum absolute atomic E-state index is 5.91. The molecule has 0 radical (unpaired) electrons. The monoisotopic (exact) mass is 561 g/mol. The van der Waals surface area contributed by atoms with Crippen LogP contribution < -0.4 is 10.1 Å². The third-order valence-electron chi connectivity index (χ3n) is 5.05. The molecule has 2 heterocycles. The van der Waals surface area contributed by atoms with Gasteiger partial charge in [0.2, 0.25) is 0 Å². The summed E-state index contributed by atoms with van der Waals surface area (Å²) in [6, 6.07) is 7.52. The number of aliphatic imine (C=N–C) groups is 1. The zero-order valence-corrected chi connectivity index (χ0v) is 21.2. The lowest BCUT2D eigenvalue weighted by Crippen LogP contribution is -2.53. The van der Waals surface area contributed by atoms with E-state index in [-0.39, 0.29) is 24.0 Å². The molecule has 1 aliphatic heterocycles. The maximum Gasteiger partial charge on any atom is 0.194 e. The van der Waals surface area contributed by atoms with Gasteiger partial charge in [0.15, 0.2) is 5.96 Å². The molecule has 10 heteroatoms. The van der Waals surface area contributed by atoms with E-state index in [0.29, 0.717) is 6.61 Å². The average Bonchev–Trinajstić information content (AvgIpc) is 3.28. The summed E-state index contributed by atoms with van der Waals surface area (Å²) in [7, 11) is 0. The zero-order valence-electron chi connectivity index (χ0n) is 18.1. The molecule has 1 fully saturated rings. The van der Waals surface area contributed by atoms with Crippen LogP contribution in [0.3, 0.4) is 0 Å². The van der Waals surface area contributed by atoms with Gasteiger partial charge in [0, 0.05) is 57.4 Å². The SMILES string of the molecule is CCNC(=NCCCCn1cnnc1)N1CCN(CCOc2ccc(Cl)cc2)CC1.I. The third kappa shape index (κ3) is 9.20. The van der Waals surface area contributed by atoms with E-state index in [1.54, 1.807) is 12.7 Å². The first kappa shape index (κ1) is 25.7. The van der Waals surface area contributed by atoms with E-state index in [9.17, 15) is 0 Å². The number of ether oxygens (including phenoxy) is 1. The van der Waals surface area contributed by atoms with E-state index >= 15 is 0 Å². The normalized spacial score (nSPS) is 14.9. The molecule has 0 aliphatic carbocycles. The van der Waals surface area contributed by atoms with Crippen LogP contribution in [0.2, 0.25) is 5.02 Å². The molecule has 8 nitrogen and oxygen atoms in total. The predicted molar refractivity (Wildman–Crippen MR) is 136 cm³/mol. The second kappa shape index (κ2) is 14.5. The molecule has 0 unspecified atom stereocenters. The smallest absolute Gasteiger partial charge is 0.194 e. The van der Waals surface area contributed by atoms with Gasteiger partial charge in [-0.1, -0.05) is 11.6 Å². The number of piperazine rings is 1. The van der Waals surface area contributed by atoms with Gasteiger partial charge in [-0.2, -0.15) is 0 Å². The van der Waals surface area contributed by atoms with Crippen molar-refractivity contribution in [2.45, 2.75) is 26.3 Å². The molecule has 0 atom stereocenters. The summed E-state index contributed by atoms with van der Waals surface area (Å²) in [5.41, 5.74) is 0. The highest BCUT2D eigenvalue weighted by molar-refractivity contribution is 14.0. The first-order chi connectivity index (χ1) is 14.7. The van der Waals surface area contributed by atoms with Gasteiger partial charge in [0.05, 0.1) is 0 Å². The summed E-state index contributed by atoms with van der Waals surface area (Å²) < 4.78 is 7.82. The van der Waals surface area contributed by atoms with Crippen molar-refractivity contribution >= 4 is 41.5 Å². The predicted octanol–water partition coefficient (Wildman–Crippen LogP) is 2.99. The number of rotatable bonds is 10. The fourth-order valence-corrected chi connectivity index (χ4v) is 3.49. The largest absolute Gasteiger partial charge is 0.492 e. The Kier molecular flexibility index (Phi) is 12.0. The highest BCUT2D eigenvalue weighted by Crippen LogP contribution is 2.15. The van der Waals surface area contributed by atoms with E-state index in [1.807, 2.05) is 28.8 Å². The summed E-state index contributed by atoms with van der Waals surface area (Å²) in [5.74, 6) is 1.89. The average molecular weight is 562 g/mol. The van der Waals surface area contributed by atoms with E-state index in [2.05, 4.69) is 32.2 Å². The highest BCUT2D eigenvalue weighted by atomic mass is 127. The van der Waals surface area contributed by atoms with Crippen LogP contribution in [0.4, 0.5) is 0 Å². The second-order valence-electron chi connectivity index (χ2n) is 7.27. The van der Waals surface area contributed by atoms with Crippen molar-refractivity contribution in [2.24, 2.45) is 4.99 Å². The Bertz CT molecular complexity index is 750. The zero-order chi connectivity index (χ0) is 21.0. The molecular weight excluding hydrogens is 529 g/mol. The Morgan fingerprint density at radius 2 is 1.77 bits per heavy atom. The topological polar surface area (TPSA) is 70.8 Å². The first-order valence-electron chi connectivity index (χ1n) is 10.7. The Hall–Kier alpha value is -1.59. The van der Waals surface area contributed by atoms with Gasteiger partial charge in [-0.15, -0.1) is 34.2 Å². The Balaban J connectivity index is 0.00000341. The van der Waals surface area contributed by atoms with Gasteiger partial charge in [0.1, 0.15) is 25.0 Å². The summed E-state index contributed by atoms with van der Waals surface area (Å²) in [5, 5.41) is 11.8. The van der Waals surface area contributed by atoms with Gasteiger partial charge in [-0.25, -0.2) is 0 Å². The van der Waals surface area contributed by atoms with Gasteiger partial charge in [-0.05, 0) is 44.0 Å². The molecule has 1 aromatic carbocycles. The van der Waals surface area contributed by atoms with Gasteiger partial charge < -0.3 is 19.5 Å². The van der Waals surface area contributed by atoms with Crippen molar-refractivity contribution in [2.75, 3.05) is 52.4 Å². The number of aryl methyl sites for hydroxylation is 1. The second-order valence-corrected chi connectivity index (χ2v) is 7.71. The number of benzene rings is 1. The molecule has 1 N–H and O–H groups in total. The number of aromatic nitrogens is 3. The number of halogens is 2. The van der Waals surface area contributed by atoms with Crippen LogP contribution in [-0.2, 0) is 6.54 Å². The summed E-state index contributed by atoms with van der Waals surface area (Å²) in [6.07, 6.45) is 5.64. The van der Waals surface area contributed by atoms with Crippen LogP contribution in [0.15, 0.2) is 41.9 Å². The number of unbranched alkanes of at least 4 members (excludes halogenated alkanes) is 1. The summed E-state index contributed by atoms with van der Waals surface area (Å²) >= 11 is 5.91. The molecular formula is C21H33ClIN7O. The van der Waals surface area contributed by atoms with Gasteiger partial charge >= 0.3 is 0 Å². The minimum atomic E-state index is 0. The Labute approximate surface area is 207 Å². The van der Waals surface area contributed by atoms with E-state index < -0.39 is 0 Å². The number of guanidine groups is 1. The molecule has 1 aromatic heterocycles. The van der Waals surface area contributed by atoms with E-state index in [0.717, 1.165) is 81.9 Å². The van der Waals surface area contributed by atoms with Gasteiger partial charge in [0.25, 0.3) is 0 Å². The van der Waals surface area contributed by atoms with Crippen molar-refractivity contribution in [1.29, 1.82) is 0 Å². The highest BCUT2D eigenvalue weighted by Gasteiger charge is 2.19. The van der Waals surface area contributed by atoms with Crippen molar-refractivity contribution in [1.82, 2.24) is 29.9 Å². The van der Waals surface area contributed by atoms with E-state index in [4.69, 9.17) is 21.3 Å². The molecule has 172 valence electrons. The molecule has 1 aliphatic rings. The quantitative estimate of drug-likeness (QED) is 0.208. The maximum atomic E-state index is 5.91. The number of hydrogen-bond donors (Lipinski definition) is 1. The Morgan fingerprint density at radius 3 is 2.45 bits per heavy atom. The van der Waals surface area contributed by atoms with Crippen LogP contribution in [0, 0.1) is 0 Å². The van der Waals surface area contributed by atoms with Gasteiger partial charge in [-0.3, -0.25) is 9.89 Å².